The van der Waals surface area contributed by atoms with Crippen molar-refractivity contribution in [1.82, 2.24) is 0 Å². The quantitative estimate of drug-likeness (QED) is 0.579. The number of esters is 1. The van der Waals surface area contributed by atoms with Gasteiger partial charge in [-0.3, -0.25) is 4.79 Å². The molecule has 4 aliphatic carbocycles. The predicted octanol–water partition coefficient (Wildman–Crippen LogP) is 3.88. The lowest BCUT2D eigenvalue weighted by molar-refractivity contribution is -0.149. The molecule has 2 atom stereocenters. The van der Waals surface area contributed by atoms with E-state index in [1.54, 1.807) is 0 Å². The van der Waals surface area contributed by atoms with Gasteiger partial charge in [-0.25, -0.2) is 0 Å². The highest BCUT2D eigenvalue weighted by atomic mass is 16.5. The largest absolute Gasteiger partial charge is 0.465 e. The first-order chi connectivity index (χ1) is 10.1. The summed E-state index contributed by atoms with van der Waals surface area (Å²) in [5.74, 6) is 0.668. The number of carbonyl (C=O) groups excluding carboxylic acids is 1. The van der Waals surface area contributed by atoms with Crippen molar-refractivity contribution in [2.45, 2.75) is 27.2 Å². The molecule has 4 rings (SSSR count). The van der Waals surface area contributed by atoms with Crippen LogP contribution in [0.4, 0.5) is 0 Å². The van der Waals surface area contributed by atoms with Gasteiger partial charge in [0, 0.05) is 5.92 Å². The molecule has 0 radical (unpaired) electrons. The van der Waals surface area contributed by atoms with Crippen molar-refractivity contribution in [3.8, 4) is 0 Å². The molecule has 2 nitrogen and oxygen atoms in total. The van der Waals surface area contributed by atoms with Gasteiger partial charge in [0.1, 0.15) is 5.41 Å². The number of hydrogen-bond donors (Lipinski definition) is 0. The average molecular weight is 280 g/mol. The van der Waals surface area contributed by atoms with Crippen molar-refractivity contribution >= 4 is 5.97 Å². The molecule has 0 spiro atoms. The third-order valence-electron chi connectivity index (χ3n) is 5.21. The SMILES string of the molecule is CCOC(=O)C12C(C(C)C)=CC3CC1=C1C=CC=C1C=C32. The smallest absolute Gasteiger partial charge is 0.324 e. The Morgan fingerprint density at radius 2 is 2.29 bits per heavy atom. The third-order valence-corrected chi connectivity index (χ3v) is 5.21. The highest BCUT2D eigenvalue weighted by Crippen LogP contribution is 2.66. The predicted molar refractivity (Wildman–Crippen MR) is 82.4 cm³/mol. The summed E-state index contributed by atoms with van der Waals surface area (Å²) in [6.07, 6.45) is 11.9. The van der Waals surface area contributed by atoms with E-state index in [1.165, 1.54) is 27.9 Å². The van der Waals surface area contributed by atoms with Crippen LogP contribution in [0.2, 0.25) is 0 Å². The second-order valence-corrected chi connectivity index (χ2v) is 6.53. The van der Waals surface area contributed by atoms with Crippen LogP contribution in [0.1, 0.15) is 27.2 Å². The van der Waals surface area contributed by atoms with Crippen LogP contribution in [0.15, 0.2) is 58.2 Å². The van der Waals surface area contributed by atoms with Crippen molar-refractivity contribution in [1.29, 1.82) is 0 Å². The van der Waals surface area contributed by atoms with Crippen LogP contribution in [0.25, 0.3) is 0 Å². The maximum absolute atomic E-state index is 13.0. The number of fused-ring (bicyclic) bond motifs is 1. The van der Waals surface area contributed by atoms with Crippen LogP contribution >= 0.6 is 0 Å². The summed E-state index contributed by atoms with van der Waals surface area (Å²) in [5, 5.41) is 0. The molecule has 4 bridgehead atoms. The van der Waals surface area contributed by atoms with E-state index >= 15 is 0 Å². The van der Waals surface area contributed by atoms with Crippen LogP contribution in [0.3, 0.4) is 0 Å². The Bertz CT molecular complexity index is 697. The lowest BCUT2D eigenvalue weighted by atomic mass is 9.66. The molecule has 2 heteroatoms. The van der Waals surface area contributed by atoms with Crippen LogP contribution in [-0.4, -0.2) is 12.6 Å². The zero-order valence-electron chi connectivity index (χ0n) is 12.8. The van der Waals surface area contributed by atoms with Crippen LogP contribution < -0.4 is 0 Å². The highest BCUT2D eigenvalue weighted by molar-refractivity contribution is 5.95. The topological polar surface area (TPSA) is 26.3 Å². The Morgan fingerprint density at radius 3 is 3.00 bits per heavy atom. The third kappa shape index (κ3) is 1.36. The van der Waals surface area contributed by atoms with Crippen LogP contribution in [-0.2, 0) is 9.53 Å². The Hall–Kier alpha value is -1.83. The molecule has 0 aromatic heterocycles. The molecule has 21 heavy (non-hydrogen) atoms. The minimum absolute atomic E-state index is 0.0713. The lowest BCUT2D eigenvalue weighted by Crippen LogP contribution is -2.38. The molecule has 1 saturated carbocycles. The van der Waals surface area contributed by atoms with Crippen molar-refractivity contribution in [3.05, 3.63) is 58.2 Å². The molecule has 2 unspecified atom stereocenters. The molecule has 0 N–H and O–H groups in total. The van der Waals surface area contributed by atoms with Gasteiger partial charge >= 0.3 is 5.97 Å². The van der Waals surface area contributed by atoms with Gasteiger partial charge in [0.05, 0.1) is 6.61 Å². The lowest BCUT2D eigenvalue weighted by Gasteiger charge is -2.36. The summed E-state index contributed by atoms with van der Waals surface area (Å²) in [4.78, 5) is 13.0. The summed E-state index contributed by atoms with van der Waals surface area (Å²) >= 11 is 0. The number of ether oxygens (including phenoxy) is 1. The van der Waals surface area contributed by atoms with E-state index < -0.39 is 5.41 Å². The Balaban J connectivity index is 1.98. The Morgan fingerprint density at radius 1 is 1.48 bits per heavy atom. The maximum atomic E-state index is 13.0. The molecular weight excluding hydrogens is 260 g/mol. The van der Waals surface area contributed by atoms with Crippen LogP contribution in [0, 0.1) is 17.3 Å². The molecule has 108 valence electrons. The standard InChI is InChI=1S/C19H20O2/c1-4-21-18(20)19-15(11(2)3)9-13-10-17(19)14-7-5-6-12(14)8-16(13)19/h5-9,11,13H,4,10H2,1-3H3. The van der Waals surface area contributed by atoms with E-state index in [9.17, 15) is 4.79 Å². The first-order valence-corrected chi connectivity index (χ1v) is 7.84. The van der Waals surface area contributed by atoms with E-state index in [1.807, 2.05) is 6.92 Å². The highest BCUT2D eigenvalue weighted by Gasteiger charge is 2.62. The summed E-state index contributed by atoms with van der Waals surface area (Å²) in [6, 6.07) is 0. The monoisotopic (exact) mass is 280 g/mol. The number of allylic oxidation sites excluding steroid dienone is 7. The van der Waals surface area contributed by atoms with Gasteiger partial charge in [-0.05, 0) is 47.1 Å². The first kappa shape index (κ1) is 12.9. The second kappa shape index (κ2) is 4.09. The van der Waals surface area contributed by atoms with Gasteiger partial charge in [0.15, 0.2) is 0 Å². The minimum Gasteiger partial charge on any atom is -0.465 e. The summed E-state index contributed by atoms with van der Waals surface area (Å²) in [7, 11) is 0. The molecule has 0 aliphatic heterocycles. The summed E-state index contributed by atoms with van der Waals surface area (Å²) in [5.41, 5.74) is 5.69. The van der Waals surface area contributed by atoms with Crippen LogP contribution in [0.5, 0.6) is 0 Å². The van der Waals surface area contributed by atoms with Crippen molar-refractivity contribution in [2.24, 2.45) is 17.3 Å². The van der Waals surface area contributed by atoms with E-state index in [-0.39, 0.29) is 5.97 Å². The molecule has 0 saturated heterocycles. The zero-order valence-corrected chi connectivity index (χ0v) is 12.8. The molecule has 0 aromatic rings. The Kier molecular flexibility index (Phi) is 2.51. The molecule has 0 heterocycles. The number of rotatable bonds is 3. The van der Waals surface area contributed by atoms with Crippen molar-refractivity contribution < 1.29 is 9.53 Å². The maximum Gasteiger partial charge on any atom is 0.324 e. The first-order valence-electron chi connectivity index (χ1n) is 7.84. The van der Waals surface area contributed by atoms with Gasteiger partial charge in [-0.1, -0.05) is 44.2 Å². The molecule has 0 aromatic carbocycles. The van der Waals surface area contributed by atoms with Gasteiger partial charge in [0.25, 0.3) is 0 Å². The average Bonchev–Trinajstić information content (AvgIpc) is 3.10. The second-order valence-electron chi connectivity index (χ2n) is 6.53. The fourth-order valence-electron chi connectivity index (χ4n) is 4.52. The minimum atomic E-state index is -0.587. The van der Waals surface area contributed by atoms with Gasteiger partial charge in [-0.2, -0.15) is 0 Å². The number of hydrogen-bond acceptors (Lipinski definition) is 2. The van der Waals surface area contributed by atoms with E-state index in [2.05, 4.69) is 44.2 Å². The number of carbonyl (C=O) groups is 1. The summed E-state index contributed by atoms with van der Waals surface area (Å²) in [6.45, 7) is 6.68. The van der Waals surface area contributed by atoms with E-state index in [0.717, 1.165) is 6.42 Å². The van der Waals surface area contributed by atoms with E-state index in [4.69, 9.17) is 4.74 Å². The van der Waals surface area contributed by atoms with Crippen molar-refractivity contribution in [3.63, 3.8) is 0 Å². The molecule has 4 aliphatic rings. The summed E-state index contributed by atoms with van der Waals surface area (Å²) < 4.78 is 5.51. The molecule has 0 amide bonds. The fraction of sp³-hybridized carbons (Fsp3) is 0.421. The van der Waals surface area contributed by atoms with Gasteiger partial charge in [-0.15, -0.1) is 0 Å². The van der Waals surface area contributed by atoms with Gasteiger partial charge in [0.2, 0.25) is 0 Å². The Labute approximate surface area is 125 Å². The zero-order chi connectivity index (χ0) is 14.8. The van der Waals surface area contributed by atoms with Crippen molar-refractivity contribution in [2.75, 3.05) is 6.61 Å². The molecular formula is C19H20O2. The van der Waals surface area contributed by atoms with Gasteiger partial charge < -0.3 is 4.74 Å². The molecule has 1 fully saturated rings. The van der Waals surface area contributed by atoms with E-state index in [0.29, 0.717) is 18.4 Å². The fourth-order valence-corrected chi connectivity index (χ4v) is 4.52. The normalized spacial score (nSPS) is 31.4.